The van der Waals surface area contributed by atoms with Gasteiger partial charge in [-0.3, -0.25) is 0 Å². The summed E-state index contributed by atoms with van der Waals surface area (Å²) in [6.07, 6.45) is 7.67. The molecular weight excluding hydrogens is 436 g/mol. The predicted molar refractivity (Wildman–Crippen MR) is 147 cm³/mol. The predicted octanol–water partition coefficient (Wildman–Crippen LogP) is 8.77. The highest BCUT2D eigenvalue weighted by molar-refractivity contribution is 5.77. The minimum absolute atomic E-state index is 0.0890. The molecule has 4 nitrogen and oxygen atoms in total. The highest BCUT2D eigenvalue weighted by Gasteiger charge is 2.38. The first-order valence-electron chi connectivity index (χ1n) is 12.8. The maximum atomic E-state index is 11.2. The summed E-state index contributed by atoms with van der Waals surface area (Å²) in [6, 6.07) is 8.58. The number of aromatic hydroxyl groups is 3. The molecule has 1 aliphatic rings. The molecule has 2 unspecified atom stereocenters. The summed E-state index contributed by atoms with van der Waals surface area (Å²) in [6.45, 7) is 19.0. The SMILES string of the molecule is CC.CCC(C)(C)C(c1ccc(O)c(O)c1)c1cc(O)c2c(c1)C(O)=CC(C)(C(C)(C)CC)C=C2. The maximum absolute atomic E-state index is 11.2. The van der Waals surface area contributed by atoms with Crippen LogP contribution < -0.4 is 0 Å². The van der Waals surface area contributed by atoms with E-state index < -0.39 is 0 Å². The molecule has 0 heterocycles. The molecule has 35 heavy (non-hydrogen) atoms. The van der Waals surface area contributed by atoms with Gasteiger partial charge in [0.05, 0.1) is 0 Å². The molecule has 4 N–H and O–H groups in total. The number of benzene rings is 2. The van der Waals surface area contributed by atoms with Gasteiger partial charge in [0, 0.05) is 22.5 Å². The van der Waals surface area contributed by atoms with Crippen molar-refractivity contribution in [3.63, 3.8) is 0 Å². The quantitative estimate of drug-likeness (QED) is 0.311. The number of hydrogen-bond acceptors (Lipinski definition) is 4. The van der Waals surface area contributed by atoms with Crippen LogP contribution in [-0.2, 0) is 0 Å². The Labute approximate surface area is 211 Å². The Morgan fingerprint density at radius 2 is 1.40 bits per heavy atom. The monoisotopic (exact) mass is 480 g/mol. The number of fused-ring (bicyclic) bond motifs is 1. The maximum Gasteiger partial charge on any atom is 0.157 e. The Morgan fingerprint density at radius 1 is 0.800 bits per heavy atom. The van der Waals surface area contributed by atoms with Gasteiger partial charge < -0.3 is 20.4 Å². The number of aliphatic hydroxyl groups is 1. The van der Waals surface area contributed by atoms with E-state index in [2.05, 4.69) is 54.5 Å². The summed E-state index contributed by atoms with van der Waals surface area (Å²) in [5.41, 5.74) is 2.18. The Kier molecular flexibility index (Phi) is 8.42. The lowest BCUT2D eigenvalue weighted by molar-refractivity contribution is 0.190. The molecule has 1 aliphatic carbocycles. The molecule has 0 amide bonds. The average molecular weight is 481 g/mol. The molecule has 0 aromatic heterocycles. The topological polar surface area (TPSA) is 80.9 Å². The standard InChI is InChI=1S/C29H38O4.C2H6/c1-8-27(3,4)26(18-10-11-22(30)24(32)15-18)19-14-21-20(23(31)16-19)12-13-29(7,17-25(21)33)28(5,6)9-2;1-2/h10-17,26,30-33H,8-9H2,1-7H3;1-2H3. The molecule has 3 rings (SSSR count). The van der Waals surface area contributed by atoms with Crippen molar-refractivity contribution in [1.29, 1.82) is 0 Å². The lowest BCUT2D eigenvalue weighted by Crippen LogP contribution is -2.31. The van der Waals surface area contributed by atoms with Crippen molar-refractivity contribution in [1.82, 2.24) is 0 Å². The van der Waals surface area contributed by atoms with Crippen LogP contribution in [0.5, 0.6) is 17.2 Å². The number of aliphatic hydroxyl groups excluding tert-OH is 1. The molecular formula is C31H44O4. The molecule has 192 valence electrons. The van der Waals surface area contributed by atoms with Gasteiger partial charge in [0.1, 0.15) is 11.5 Å². The summed E-state index contributed by atoms with van der Waals surface area (Å²) in [5, 5.41) is 42.3. The summed E-state index contributed by atoms with van der Waals surface area (Å²) < 4.78 is 0. The Morgan fingerprint density at radius 3 is 1.94 bits per heavy atom. The largest absolute Gasteiger partial charge is 0.508 e. The van der Waals surface area contributed by atoms with Crippen molar-refractivity contribution in [3.05, 3.63) is 64.7 Å². The van der Waals surface area contributed by atoms with Crippen LogP contribution in [0.2, 0.25) is 0 Å². The number of rotatable bonds is 6. The smallest absolute Gasteiger partial charge is 0.157 e. The van der Waals surface area contributed by atoms with Crippen LogP contribution >= 0.6 is 0 Å². The van der Waals surface area contributed by atoms with Gasteiger partial charge in [0.2, 0.25) is 0 Å². The van der Waals surface area contributed by atoms with Gasteiger partial charge in [-0.25, -0.2) is 0 Å². The van der Waals surface area contributed by atoms with Gasteiger partial charge in [0.15, 0.2) is 11.5 Å². The van der Waals surface area contributed by atoms with Crippen molar-refractivity contribution in [2.24, 2.45) is 16.2 Å². The van der Waals surface area contributed by atoms with Gasteiger partial charge >= 0.3 is 0 Å². The average Bonchev–Trinajstić information content (AvgIpc) is 2.94. The summed E-state index contributed by atoms with van der Waals surface area (Å²) in [5.74, 6) is -0.259. The number of allylic oxidation sites excluding steroid dienone is 2. The van der Waals surface area contributed by atoms with Gasteiger partial charge in [-0.15, -0.1) is 0 Å². The van der Waals surface area contributed by atoms with Crippen molar-refractivity contribution >= 4 is 11.8 Å². The second kappa shape index (κ2) is 10.4. The van der Waals surface area contributed by atoms with E-state index in [1.807, 2.05) is 32.1 Å². The van der Waals surface area contributed by atoms with Crippen molar-refractivity contribution in [2.75, 3.05) is 0 Å². The van der Waals surface area contributed by atoms with E-state index in [0.717, 1.165) is 24.0 Å². The molecule has 0 bridgehead atoms. The molecule has 0 saturated carbocycles. The van der Waals surface area contributed by atoms with Crippen LogP contribution in [0, 0.1) is 16.2 Å². The lowest BCUT2D eigenvalue weighted by Gasteiger charge is -2.39. The normalized spacial score (nSPS) is 18.6. The molecule has 0 aliphatic heterocycles. The van der Waals surface area contributed by atoms with Crippen LogP contribution in [0.4, 0.5) is 0 Å². The zero-order valence-corrected chi connectivity index (χ0v) is 22.9. The van der Waals surface area contributed by atoms with E-state index in [1.54, 1.807) is 18.2 Å². The van der Waals surface area contributed by atoms with E-state index in [1.165, 1.54) is 6.07 Å². The minimum atomic E-state index is -0.387. The zero-order valence-electron chi connectivity index (χ0n) is 22.9. The molecule has 0 saturated heterocycles. The number of hydrogen-bond donors (Lipinski definition) is 4. The summed E-state index contributed by atoms with van der Waals surface area (Å²) in [4.78, 5) is 0. The fraction of sp³-hybridized carbons (Fsp3) is 0.484. The third-order valence-corrected chi connectivity index (χ3v) is 8.19. The summed E-state index contributed by atoms with van der Waals surface area (Å²) in [7, 11) is 0. The van der Waals surface area contributed by atoms with E-state index in [-0.39, 0.29) is 45.2 Å². The minimum Gasteiger partial charge on any atom is -0.508 e. The third kappa shape index (κ3) is 5.37. The molecule has 0 radical (unpaired) electrons. The van der Waals surface area contributed by atoms with E-state index in [0.29, 0.717) is 11.1 Å². The third-order valence-electron chi connectivity index (χ3n) is 8.19. The Bertz CT molecular complexity index is 1110. The second-order valence-electron chi connectivity index (χ2n) is 10.9. The Balaban J connectivity index is 0.00000210. The highest BCUT2D eigenvalue weighted by atomic mass is 16.3. The van der Waals surface area contributed by atoms with Crippen molar-refractivity contribution < 1.29 is 20.4 Å². The first-order chi connectivity index (χ1) is 16.3. The number of phenols is 3. The van der Waals surface area contributed by atoms with Gasteiger partial charge in [0.25, 0.3) is 0 Å². The highest BCUT2D eigenvalue weighted by Crippen LogP contribution is 2.50. The van der Waals surface area contributed by atoms with Crippen LogP contribution in [0.1, 0.15) is 103 Å². The van der Waals surface area contributed by atoms with Gasteiger partial charge in [-0.2, -0.15) is 0 Å². The second-order valence-corrected chi connectivity index (χ2v) is 10.9. The van der Waals surface area contributed by atoms with Crippen LogP contribution in [-0.4, -0.2) is 20.4 Å². The fourth-order valence-electron chi connectivity index (χ4n) is 4.70. The molecule has 4 heteroatoms. The zero-order chi connectivity index (χ0) is 26.8. The first-order valence-corrected chi connectivity index (χ1v) is 12.8. The van der Waals surface area contributed by atoms with Crippen LogP contribution in [0.25, 0.3) is 11.8 Å². The molecule has 2 atom stereocenters. The van der Waals surface area contributed by atoms with Crippen molar-refractivity contribution in [3.8, 4) is 17.2 Å². The Hall–Kier alpha value is -2.88. The van der Waals surface area contributed by atoms with E-state index >= 15 is 0 Å². The molecule has 2 aromatic rings. The molecule has 0 spiro atoms. The fourth-order valence-corrected chi connectivity index (χ4v) is 4.70. The molecule has 2 aromatic carbocycles. The van der Waals surface area contributed by atoms with Gasteiger partial charge in [-0.05, 0) is 58.7 Å². The number of phenolic OH excluding ortho intramolecular Hbond substituents is 3. The van der Waals surface area contributed by atoms with Crippen LogP contribution in [0.3, 0.4) is 0 Å². The molecule has 0 fully saturated rings. The van der Waals surface area contributed by atoms with Gasteiger partial charge in [-0.1, -0.05) is 87.0 Å². The van der Waals surface area contributed by atoms with E-state index in [4.69, 9.17) is 0 Å². The summed E-state index contributed by atoms with van der Waals surface area (Å²) >= 11 is 0. The van der Waals surface area contributed by atoms with Crippen LogP contribution in [0.15, 0.2) is 42.5 Å². The lowest BCUT2D eigenvalue weighted by atomic mass is 9.65. The first kappa shape index (κ1) is 28.4. The van der Waals surface area contributed by atoms with Crippen molar-refractivity contribution in [2.45, 2.75) is 81.1 Å². The van der Waals surface area contributed by atoms with E-state index in [9.17, 15) is 20.4 Å².